The normalized spacial score (nSPS) is 15.7. The number of thiophene rings is 1. The van der Waals surface area contributed by atoms with Gasteiger partial charge in [0.15, 0.2) is 5.78 Å². The second-order valence-electron chi connectivity index (χ2n) is 8.40. The number of hydrogen-bond donors (Lipinski definition) is 1. The van der Waals surface area contributed by atoms with E-state index in [4.69, 9.17) is 10.2 Å². The quantitative estimate of drug-likeness (QED) is 0.199. The third-order valence-electron chi connectivity index (χ3n) is 6.52. The molecule has 5 rings (SSSR count). The molecule has 0 saturated heterocycles. The Kier molecular flexibility index (Phi) is 5.61. The number of Topliss-reactive ketones (excluding diaryl/α,β-unsaturated/α-hetero) is 1. The Balaban J connectivity index is 1.61. The van der Waals surface area contributed by atoms with Gasteiger partial charge in [-0.3, -0.25) is 4.79 Å². The molecule has 8 heteroatoms. The zero-order valence-corrected chi connectivity index (χ0v) is 22.1. The summed E-state index contributed by atoms with van der Waals surface area (Å²) in [5.41, 5.74) is 13.8. The molecule has 0 bridgehead atoms. The smallest absolute Gasteiger partial charge is 0.194 e. The van der Waals surface area contributed by atoms with Gasteiger partial charge in [0.2, 0.25) is 0 Å². The minimum Gasteiger partial charge on any atom is -0.455 e. The second-order valence-corrected chi connectivity index (χ2v) is 10.7. The van der Waals surface area contributed by atoms with E-state index in [1.165, 1.54) is 21.9 Å². The number of fused-ring (bicyclic) bond motifs is 2. The molecule has 2 aromatic carbocycles. The maximum absolute atomic E-state index is 13.1. The second kappa shape index (κ2) is 8.37. The van der Waals surface area contributed by atoms with Crippen molar-refractivity contribution in [2.75, 3.05) is 0 Å². The van der Waals surface area contributed by atoms with E-state index in [9.17, 15) is 10.1 Å². The van der Waals surface area contributed by atoms with Crippen LogP contribution in [0.15, 0.2) is 52.1 Å². The molecular formula is C26H21BN2O2P2S. The third-order valence-corrected chi connectivity index (χ3v) is 9.12. The Morgan fingerprint density at radius 1 is 1.15 bits per heavy atom. The maximum atomic E-state index is 13.1. The van der Waals surface area contributed by atoms with E-state index in [0.29, 0.717) is 22.3 Å². The standard InChI is InChI=1S/C26H21BN2O2P2S/c1-11-12(2)26(33)23(27)22(25(11)32)19-9-20-18(31-19)8-13(34-20)7-16-21(17(29)10-28)14-5-3-4-6-15(14)24(16)30/h3-9H,27,29,32-33H2,1-2H3/b16-7-,21-17+. The number of ketones is 1. The van der Waals surface area contributed by atoms with Gasteiger partial charge in [0.25, 0.3) is 0 Å². The minimum absolute atomic E-state index is 0.0403. The average Bonchev–Trinajstić information content (AvgIpc) is 3.47. The highest BCUT2D eigenvalue weighted by atomic mass is 32.1. The molecule has 0 radical (unpaired) electrons. The monoisotopic (exact) mass is 498 g/mol. The Bertz CT molecular complexity index is 1590. The van der Waals surface area contributed by atoms with Crippen LogP contribution < -0.4 is 21.8 Å². The molecule has 2 N–H and O–H groups in total. The molecular weight excluding hydrogens is 477 g/mol. The van der Waals surface area contributed by atoms with Gasteiger partial charge < -0.3 is 10.2 Å². The van der Waals surface area contributed by atoms with Gasteiger partial charge in [0.05, 0.1) is 4.70 Å². The lowest BCUT2D eigenvalue weighted by atomic mass is 9.86. The van der Waals surface area contributed by atoms with Crippen LogP contribution in [0.25, 0.3) is 33.3 Å². The van der Waals surface area contributed by atoms with Crippen molar-refractivity contribution < 1.29 is 9.21 Å². The van der Waals surface area contributed by atoms with E-state index in [1.807, 2.05) is 36.4 Å². The number of carbonyl (C=O) groups excluding carboxylic acids is 1. The molecule has 0 amide bonds. The number of hydrogen-bond acceptors (Lipinski definition) is 5. The van der Waals surface area contributed by atoms with Gasteiger partial charge in [-0.15, -0.1) is 29.8 Å². The van der Waals surface area contributed by atoms with E-state index in [-0.39, 0.29) is 11.5 Å². The van der Waals surface area contributed by atoms with Crippen molar-refractivity contribution in [2.24, 2.45) is 5.73 Å². The van der Waals surface area contributed by atoms with E-state index >= 15 is 0 Å². The van der Waals surface area contributed by atoms with Crippen molar-refractivity contribution in [3.63, 3.8) is 0 Å². The summed E-state index contributed by atoms with van der Waals surface area (Å²) < 4.78 is 7.28. The SMILES string of the molecule is Bc1c(P)c(C)c(C)c(P)c1-c1cc2sc(/C=C3\C(=O)c4ccccc4\C3=C(/N)C#N)cc2o1. The molecule has 4 aromatic rings. The zero-order valence-electron chi connectivity index (χ0n) is 18.9. The number of allylic oxidation sites excluding steroid dienone is 3. The number of furan rings is 1. The zero-order chi connectivity index (χ0) is 24.3. The maximum Gasteiger partial charge on any atom is 0.194 e. The molecule has 34 heavy (non-hydrogen) atoms. The van der Waals surface area contributed by atoms with Crippen molar-refractivity contribution in [2.45, 2.75) is 13.8 Å². The molecule has 0 fully saturated rings. The van der Waals surface area contributed by atoms with Gasteiger partial charge in [-0.25, -0.2) is 0 Å². The van der Waals surface area contributed by atoms with Crippen LogP contribution in [0.2, 0.25) is 0 Å². The fraction of sp³-hybridized carbons (Fsp3) is 0.0769. The lowest BCUT2D eigenvalue weighted by Crippen LogP contribution is -2.30. The molecule has 4 nitrogen and oxygen atoms in total. The fourth-order valence-corrected chi connectivity index (χ4v) is 6.40. The van der Waals surface area contributed by atoms with E-state index in [2.05, 4.69) is 46.2 Å². The van der Waals surface area contributed by atoms with Crippen molar-refractivity contribution in [1.82, 2.24) is 0 Å². The van der Waals surface area contributed by atoms with Crippen molar-refractivity contribution in [3.05, 3.63) is 74.8 Å². The predicted molar refractivity (Wildman–Crippen MR) is 151 cm³/mol. The van der Waals surface area contributed by atoms with E-state index < -0.39 is 0 Å². The summed E-state index contributed by atoms with van der Waals surface area (Å²) >= 11 is 1.54. The lowest BCUT2D eigenvalue weighted by molar-refractivity contribution is 0.104. The molecule has 2 unspecified atom stereocenters. The number of nitrogens with zero attached hydrogens (tertiary/aromatic N) is 1. The molecule has 2 heterocycles. The number of carbonyl (C=O) groups is 1. The van der Waals surface area contributed by atoms with Gasteiger partial charge in [0.1, 0.15) is 31.0 Å². The number of benzene rings is 2. The summed E-state index contributed by atoms with van der Waals surface area (Å²) in [6, 6.07) is 13.2. The van der Waals surface area contributed by atoms with Gasteiger partial charge in [-0.2, -0.15) is 5.26 Å². The van der Waals surface area contributed by atoms with Crippen molar-refractivity contribution in [1.29, 1.82) is 5.26 Å². The first-order valence-corrected chi connectivity index (χ1v) is 12.6. The van der Waals surface area contributed by atoms with Crippen LogP contribution in [0.5, 0.6) is 0 Å². The molecule has 1 aliphatic carbocycles. The summed E-state index contributed by atoms with van der Waals surface area (Å²) in [7, 11) is 7.82. The third kappa shape index (κ3) is 3.39. The van der Waals surface area contributed by atoms with Gasteiger partial charge in [-0.1, -0.05) is 29.7 Å². The highest BCUT2D eigenvalue weighted by Crippen LogP contribution is 2.41. The first-order valence-electron chi connectivity index (χ1n) is 10.7. The molecule has 166 valence electrons. The minimum atomic E-state index is -0.124. The Labute approximate surface area is 207 Å². The van der Waals surface area contributed by atoms with E-state index in [0.717, 1.165) is 31.8 Å². The van der Waals surface area contributed by atoms with Crippen molar-refractivity contribution >= 4 is 81.4 Å². The van der Waals surface area contributed by atoms with Crippen LogP contribution in [0.3, 0.4) is 0 Å². The summed E-state index contributed by atoms with van der Waals surface area (Å²) in [4.78, 5) is 14.0. The summed E-state index contributed by atoms with van der Waals surface area (Å²) in [5, 5.41) is 11.8. The van der Waals surface area contributed by atoms with Crippen LogP contribution in [-0.2, 0) is 0 Å². The van der Waals surface area contributed by atoms with Gasteiger partial charge in [0, 0.05) is 33.2 Å². The van der Waals surface area contributed by atoms with Crippen LogP contribution in [0.4, 0.5) is 0 Å². The molecule has 2 atom stereocenters. The van der Waals surface area contributed by atoms with Crippen LogP contribution in [0.1, 0.15) is 31.9 Å². The number of nitriles is 1. The largest absolute Gasteiger partial charge is 0.455 e. The molecule has 0 spiro atoms. The van der Waals surface area contributed by atoms with Gasteiger partial charge in [-0.05, 0) is 53.3 Å². The summed E-state index contributed by atoms with van der Waals surface area (Å²) in [5.74, 6) is 0.703. The average molecular weight is 498 g/mol. The lowest BCUT2D eigenvalue weighted by Gasteiger charge is -2.17. The van der Waals surface area contributed by atoms with Crippen LogP contribution in [0, 0.1) is 25.2 Å². The fourth-order valence-electron chi connectivity index (χ4n) is 4.50. The predicted octanol–water partition coefficient (Wildman–Crippen LogP) is 3.51. The Hall–Kier alpha value is -2.96. The highest BCUT2D eigenvalue weighted by molar-refractivity contribution is 7.30. The molecule has 2 aromatic heterocycles. The van der Waals surface area contributed by atoms with Crippen molar-refractivity contribution in [3.8, 4) is 17.4 Å². The summed E-state index contributed by atoms with van der Waals surface area (Å²) in [6.45, 7) is 4.26. The first-order chi connectivity index (χ1) is 16.2. The number of nitrogens with two attached hydrogens (primary N) is 1. The first kappa shape index (κ1) is 22.8. The molecule has 1 aliphatic rings. The topological polar surface area (TPSA) is 80.0 Å². The molecule has 0 saturated carbocycles. The highest BCUT2D eigenvalue weighted by Gasteiger charge is 2.31. The van der Waals surface area contributed by atoms with E-state index in [1.54, 1.807) is 17.4 Å². The molecule has 0 aliphatic heterocycles. The Morgan fingerprint density at radius 3 is 2.50 bits per heavy atom. The summed E-state index contributed by atoms with van der Waals surface area (Å²) in [6.07, 6.45) is 1.81. The van der Waals surface area contributed by atoms with Crippen LogP contribution >= 0.6 is 29.8 Å². The Morgan fingerprint density at radius 2 is 1.82 bits per heavy atom. The number of rotatable bonds is 2. The van der Waals surface area contributed by atoms with Gasteiger partial charge >= 0.3 is 0 Å². The van der Waals surface area contributed by atoms with Crippen LogP contribution in [-0.4, -0.2) is 13.6 Å².